The molecule has 2 aromatic rings. The smallest absolute Gasteiger partial charge is 0.225 e. The lowest BCUT2D eigenvalue weighted by Crippen LogP contribution is -2.51. The molecule has 1 aromatic carbocycles. The first-order valence-electron chi connectivity index (χ1n) is 7.47. The van der Waals surface area contributed by atoms with Crippen molar-refractivity contribution in [2.75, 3.05) is 36.0 Å². The molecule has 2 atom stereocenters. The second-order valence-corrected chi connectivity index (χ2v) is 5.61. The third-order valence-corrected chi connectivity index (χ3v) is 4.29. The molecule has 3 heterocycles. The second-order valence-electron chi connectivity index (χ2n) is 5.61. The summed E-state index contributed by atoms with van der Waals surface area (Å²) in [7, 11) is 0. The zero-order valence-electron chi connectivity index (χ0n) is 12.1. The van der Waals surface area contributed by atoms with Gasteiger partial charge in [0.05, 0.1) is 31.1 Å². The van der Waals surface area contributed by atoms with Crippen molar-refractivity contribution in [2.45, 2.75) is 12.1 Å². The molecule has 4 rings (SSSR count). The molecule has 0 saturated carbocycles. The van der Waals surface area contributed by atoms with Gasteiger partial charge in [-0.15, -0.1) is 0 Å². The number of rotatable bonds is 2. The van der Waals surface area contributed by atoms with Gasteiger partial charge in [-0.2, -0.15) is 0 Å². The Balaban J connectivity index is 1.57. The number of benzene rings is 1. The van der Waals surface area contributed by atoms with Crippen molar-refractivity contribution in [3.05, 3.63) is 48.5 Å². The van der Waals surface area contributed by atoms with Gasteiger partial charge in [0.25, 0.3) is 0 Å². The third-order valence-electron chi connectivity index (χ3n) is 4.29. The molecule has 22 heavy (non-hydrogen) atoms. The molecule has 0 unspecified atom stereocenters. The number of ether oxygens (including phenoxy) is 1. The summed E-state index contributed by atoms with van der Waals surface area (Å²) in [4.78, 5) is 12.7. The zero-order chi connectivity index (χ0) is 14.9. The predicted molar refractivity (Wildman–Crippen MR) is 81.5 cm³/mol. The Labute approximate surface area is 128 Å². The van der Waals surface area contributed by atoms with E-state index in [-0.39, 0.29) is 12.1 Å². The molecule has 2 saturated heterocycles. The summed E-state index contributed by atoms with van der Waals surface area (Å²) in [6.45, 7) is 3.09. The summed E-state index contributed by atoms with van der Waals surface area (Å²) in [5.41, 5.74) is 1.19. The highest BCUT2D eigenvalue weighted by atomic mass is 19.1. The van der Waals surface area contributed by atoms with E-state index in [1.165, 1.54) is 18.1 Å². The lowest BCUT2D eigenvalue weighted by atomic mass is 10.1. The van der Waals surface area contributed by atoms with Crippen LogP contribution in [0.2, 0.25) is 0 Å². The SMILES string of the molecule is Fc1cnc(N2CCO[C@@H]3CN(c4ccccc4)C[C@@H]32)nc1. The molecule has 0 N–H and O–H groups in total. The lowest BCUT2D eigenvalue weighted by Gasteiger charge is -2.36. The third kappa shape index (κ3) is 2.39. The van der Waals surface area contributed by atoms with Gasteiger partial charge < -0.3 is 14.5 Å². The van der Waals surface area contributed by atoms with Gasteiger partial charge in [-0.25, -0.2) is 14.4 Å². The molecule has 6 heteroatoms. The van der Waals surface area contributed by atoms with Crippen LogP contribution in [0.3, 0.4) is 0 Å². The number of para-hydroxylation sites is 1. The average Bonchev–Trinajstić information content (AvgIpc) is 3.01. The van der Waals surface area contributed by atoms with Gasteiger partial charge in [0, 0.05) is 25.3 Å². The highest BCUT2D eigenvalue weighted by molar-refractivity contribution is 5.49. The van der Waals surface area contributed by atoms with Gasteiger partial charge in [0.15, 0.2) is 5.82 Å². The van der Waals surface area contributed by atoms with Crippen LogP contribution in [-0.2, 0) is 4.74 Å². The molecular weight excluding hydrogens is 283 g/mol. The quantitative estimate of drug-likeness (QED) is 0.844. The summed E-state index contributed by atoms with van der Waals surface area (Å²) in [5, 5.41) is 0. The highest BCUT2D eigenvalue weighted by Gasteiger charge is 2.41. The van der Waals surface area contributed by atoms with Crippen molar-refractivity contribution < 1.29 is 9.13 Å². The minimum Gasteiger partial charge on any atom is -0.372 e. The van der Waals surface area contributed by atoms with Gasteiger partial charge in [0.2, 0.25) is 5.95 Å². The molecule has 0 spiro atoms. The van der Waals surface area contributed by atoms with Crippen molar-refractivity contribution in [1.29, 1.82) is 0 Å². The number of hydrogen-bond donors (Lipinski definition) is 0. The van der Waals surface area contributed by atoms with E-state index in [4.69, 9.17) is 4.74 Å². The molecule has 0 amide bonds. The molecule has 2 aliphatic heterocycles. The fourth-order valence-corrected chi connectivity index (χ4v) is 3.24. The molecule has 1 aromatic heterocycles. The molecule has 0 bridgehead atoms. The van der Waals surface area contributed by atoms with E-state index in [1.807, 2.05) is 18.2 Å². The van der Waals surface area contributed by atoms with Gasteiger partial charge >= 0.3 is 0 Å². The molecule has 0 radical (unpaired) electrons. The summed E-state index contributed by atoms with van der Waals surface area (Å²) in [5.74, 6) is 0.167. The van der Waals surface area contributed by atoms with Crippen LogP contribution in [0.1, 0.15) is 0 Å². The van der Waals surface area contributed by atoms with Crippen LogP contribution in [0.15, 0.2) is 42.7 Å². The topological polar surface area (TPSA) is 41.5 Å². The van der Waals surface area contributed by atoms with E-state index in [1.54, 1.807) is 0 Å². The van der Waals surface area contributed by atoms with Crippen molar-refractivity contribution >= 4 is 11.6 Å². The minimum absolute atomic E-state index is 0.127. The van der Waals surface area contributed by atoms with Crippen molar-refractivity contribution in [2.24, 2.45) is 0 Å². The average molecular weight is 300 g/mol. The van der Waals surface area contributed by atoms with Crippen LogP contribution in [-0.4, -0.2) is 48.4 Å². The van der Waals surface area contributed by atoms with E-state index >= 15 is 0 Å². The van der Waals surface area contributed by atoms with E-state index in [9.17, 15) is 4.39 Å². The second kappa shape index (κ2) is 5.53. The van der Waals surface area contributed by atoms with Crippen LogP contribution in [0, 0.1) is 5.82 Å². The maximum Gasteiger partial charge on any atom is 0.225 e. The first-order chi connectivity index (χ1) is 10.8. The number of anilines is 2. The molecule has 114 valence electrons. The van der Waals surface area contributed by atoms with Crippen molar-refractivity contribution in [1.82, 2.24) is 9.97 Å². The Morgan fingerprint density at radius 1 is 1.09 bits per heavy atom. The number of fused-ring (bicyclic) bond motifs is 1. The zero-order valence-corrected chi connectivity index (χ0v) is 12.1. The summed E-state index contributed by atoms with van der Waals surface area (Å²) in [6.07, 6.45) is 2.57. The van der Waals surface area contributed by atoms with Crippen LogP contribution in [0.5, 0.6) is 0 Å². The number of morpholine rings is 1. The van der Waals surface area contributed by atoms with E-state index < -0.39 is 5.82 Å². The van der Waals surface area contributed by atoms with Gasteiger partial charge in [-0.3, -0.25) is 0 Å². The molecular formula is C16H17FN4O. The fraction of sp³-hybridized carbons (Fsp3) is 0.375. The Morgan fingerprint density at radius 2 is 1.86 bits per heavy atom. The summed E-state index contributed by atoms with van der Waals surface area (Å²) < 4.78 is 18.9. The van der Waals surface area contributed by atoms with Crippen molar-refractivity contribution in [3.63, 3.8) is 0 Å². The molecule has 0 aliphatic carbocycles. The maximum atomic E-state index is 13.0. The van der Waals surface area contributed by atoms with Crippen LogP contribution >= 0.6 is 0 Å². The number of nitrogens with zero attached hydrogens (tertiary/aromatic N) is 4. The van der Waals surface area contributed by atoms with Crippen molar-refractivity contribution in [3.8, 4) is 0 Å². The summed E-state index contributed by atoms with van der Waals surface area (Å²) >= 11 is 0. The molecule has 2 aliphatic rings. The molecule has 5 nitrogen and oxygen atoms in total. The Hall–Kier alpha value is -2.21. The number of hydrogen-bond acceptors (Lipinski definition) is 5. The lowest BCUT2D eigenvalue weighted by molar-refractivity contribution is 0.0349. The highest BCUT2D eigenvalue weighted by Crippen LogP contribution is 2.29. The normalized spacial score (nSPS) is 24.4. The Bertz CT molecular complexity index is 636. The van der Waals surface area contributed by atoms with Crippen LogP contribution in [0.25, 0.3) is 0 Å². The minimum atomic E-state index is -0.411. The van der Waals surface area contributed by atoms with E-state index in [0.29, 0.717) is 12.6 Å². The Morgan fingerprint density at radius 3 is 2.64 bits per heavy atom. The maximum absolute atomic E-state index is 13.0. The largest absolute Gasteiger partial charge is 0.372 e. The summed E-state index contributed by atoms with van der Waals surface area (Å²) in [6, 6.07) is 10.5. The van der Waals surface area contributed by atoms with Gasteiger partial charge in [-0.1, -0.05) is 18.2 Å². The van der Waals surface area contributed by atoms with Crippen LogP contribution in [0.4, 0.5) is 16.0 Å². The van der Waals surface area contributed by atoms with E-state index in [0.717, 1.165) is 19.6 Å². The fourth-order valence-electron chi connectivity index (χ4n) is 3.24. The number of aromatic nitrogens is 2. The van der Waals surface area contributed by atoms with Gasteiger partial charge in [-0.05, 0) is 12.1 Å². The molecule has 2 fully saturated rings. The first kappa shape index (κ1) is 13.5. The number of halogens is 1. The van der Waals surface area contributed by atoms with Gasteiger partial charge in [0.1, 0.15) is 0 Å². The standard InChI is InChI=1S/C16H17FN4O/c17-12-8-18-16(19-9-12)21-6-7-22-15-11-20(10-14(15)21)13-4-2-1-3-5-13/h1-5,8-9,14-15H,6-7,10-11H2/t14-,15+/m0/s1. The predicted octanol–water partition coefficient (Wildman–Crippen LogP) is 1.71. The first-order valence-corrected chi connectivity index (χ1v) is 7.47. The monoisotopic (exact) mass is 300 g/mol. The van der Waals surface area contributed by atoms with Crippen LogP contribution < -0.4 is 9.80 Å². The Kier molecular flexibility index (Phi) is 3.38. The van der Waals surface area contributed by atoms with E-state index in [2.05, 4.69) is 31.9 Å².